The molecule has 0 aliphatic carbocycles. The van der Waals surface area contributed by atoms with E-state index in [0.717, 1.165) is 41.0 Å². The van der Waals surface area contributed by atoms with Gasteiger partial charge in [-0.15, -0.1) is 0 Å². The van der Waals surface area contributed by atoms with Gasteiger partial charge < -0.3 is 9.47 Å². The van der Waals surface area contributed by atoms with Crippen LogP contribution in [0.4, 0.5) is 0 Å². The normalized spacial score (nSPS) is 12.3. The number of allylic oxidation sites excluding steroid dienone is 2. The Morgan fingerprint density at radius 3 is 1.67 bits per heavy atom. The largest absolute Gasteiger partial charge is 0.497 e. The molecule has 0 radical (unpaired) electrons. The van der Waals surface area contributed by atoms with Gasteiger partial charge in [0.05, 0.1) is 19.5 Å². The summed E-state index contributed by atoms with van der Waals surface area (Å²) in [6.07, 6.45) is 3.84. The summed E-state index contributed by atoms with van der Waals surface area (Å²) in [5, 5.41) is 4.64. The van der Waals surface area contributed by atoms with Crippen LogP contribution in [-0.2, 0) is 22.9 Å². The van der Waals surface area contributed by atoms with E-state index in [4.69, 9.17) is 14.6 Å². The fourth-order valence-electron chi connectivity index (χ4n) is 2.68. The SMILES string of the molecule is COc1ccc(CC(=CCC(C)S(N)(=O)=O)Cc2ccc(OC)cc2)cc1. The van der Waals surface area contributed by atoms with Gasteiger partial charge in [0.15, 0.2) is 0 Å². The summed E-state index contributed by atoms with van der Waals surface area (Å²) in [6.45, 7) is 1.63. The molecule has 0 saturated heterocycles. The molecule has 1 unspecified atom stereocenters. The van der Waals surface area contributed by atoms with E-state index in [2.05, 4.69) is 0 Å². The topological polar surface area (TPSA) is 78.6 Å². The number of methoxy groups -OCH3 is 2. The van der Waals surface area contributed by atoms with Crippen LogP contribution in [0.15, 0.2) is 60.2 Å². The Morgan fingerprint density at radius 1 is 0.926 bits per heavy atom. The summed E-state index contributed by atoms with van der Waals surface area (Å²) in [7, 11) is -0.265. The van der Waals surface area contributed by atoms with Crippen LogP contribution in [0.25, 0.3) is 0 Å². The Hall–Kier alpha value is -2.31. The van der Waals surface area contributed by atoms with Crippen molar-refractivity contribution in [3.8, 4) is 11.5 Å². The number of primary sulfonamides is 1. The molecule has 0 saturated carbocycles. The Balaban J connectivity index is 2.20. The number of hydrogen-bond acceptors (Lipinski definition) is 4. The maximum atomic E-state index is 11.5. The molecule has 0 aliphatic rings. The van der Waals surface area contributed by atoms with Gasteiger partial charge in [0.25, 0.3) is 0 Å². The molecule has 0 spiro atoms. The molecule has 2 aromatic carbocycles. The van der Waals surface area contributed by atoms with Gasteiger partial charge in [-0.1, -0.05) is 35.9 Å². The maximum Gasteiger partial charge on any atom is 0.211 e. The van der Waals surface area contributed by atoms with E-state index in [9.17, 15) is 8.42 Å². The highest BCUT2D eigenvalue weighted by atomic mass is 32.2. The van der Waals surface area contributed by atoms with E-state index in [0.29, 0.717) is 6.42 Å². The first-order valence-electron chi connectivity index (χ1n) is 8.77. The van der Waals surface area contributed by atoms with Crippen molar-refractivity contribution in [3.63, 3.8) is 0 Å². The van der Waals surface area contributed by atoms with Crippen molar-refractivity contribution in [2.45, 2.75) is 31.4 Å². The molecule has 0 heterocycles. The quantitative estimate of drug-likeness (QED) is 0.666. The Kier molecular flexibility index (Phi) is 7.45. The third-order valence-electron chi connectivity index (χ3n) is 4.48. The van der Waals surface area contributed by atoms with Crippen molar-refractivity contribution in [3.05, 3.63) is 71.3 Å². The molecule has 27 heavy (non-hydrogen) atoms. The van der Waals surface area contributed by atoms with Crippen molar-refractivity contribution >= 4 is 10.0 Å². The second-order valence-electron chi connectivity index (χ2n) is 6.55. The summed E-state index contributed by atoms with van der Waals surface area (Å²) in [4.78, 5) is 0. The number of hydrogen-bond donors (Lipinski definition) is 1. The minimum absolute atomic E-state index is 0.389. The minimum atomic E-state index is -3.54. The van der Waals surface area contributed by atoms with Crippen LogP contribution in [0.3, 0.4) is 0 Å². The average Bonchev–Trinajstić information content (AvgIpc) is 2.66. The van der Waals surface area contributed by atoms with Crippen LogP contribution in [0, 0.1) is 0 Å². The lowest BCUT2D eigenvalue weighted by atomic mass is 9.97. The molecule has 0 aliphatic heterocycles. The summed E-state index contributed by atoms with van der Waals surface area (Å²) < 4.78 is 33.4. The zero-order valence-electron chi connectivity index (χ0n) is 16.0. The molecule has 1 atom stereocenters. The highest BCUT2D eigenvalue weighted by Gasteiger charge is 2.14. The second kappa shape index (κ2) is 9.58. The molecule has 0 bridgehead atoms. The number of ether oxygens (including phenoxy) is 2. The van der Waals surface area contributed by atoms with Gasteiger partial charge >= 0.3 is 0 Å². The molecule has 2 N–H and O–H groups in total. The molecule has 2 aromatic rings. The lowest BCUT2D eigenvalue weighted by Gasteiger charge is -2.12. The van der Waals surface area contributed by atoms with Crippen LogP contribution in [0.2, 0.25) is 0 Å². The van der Waals surface area contributed by atoms with Gasteiger partial charge in [-0.3, -0.25) is 0 Å². The number of rotatable bonds is 9. The monoisotopic (exact) mass is 389 g/mol. The Morgan fingerprint density at radius 2 is 1.33 bits per heavy atom. The molecular formula is C21H27NO4S. The molecule has 2 rings (SSSR count). The standard InChI is InChI=1S/C21H27NO4S/c1-16(27(22,23)24)4-5-19(14-17-6-10-20(25-2)11-7-17)15-18-8-12-21(26-3)13-9-18/h5-13,16H,4,14-15H2,1-3H3,(H2,22,23,24). The molecule has 0 aromatic heterocycles. The first-order chi connectivity index (χ1) is 12.8. The predicted octanol–water partition coefficient (Wildman–Crippen LogP) is 3.48. The summed E-state index contributed by atoms with van der Waals surface area (Å²) >= 11 is 0. The Bertz CT molecular complexity index is 805. The lowest BCUT2D eigenvalue weighted by molar-refractivity contribution is 0.414. The van der Waals surface area contributed by atoms with E-state index < -0.39 is 15.3 Å². The number of benzene rings is 2. The van der Waals surface area contributed by atoms with Crippen LogP contribution >= 0.6 is 0 Å². The van der Waals surface area contributed by atoms with Gasteiger partial charge in [-0.05, 0) is 61.6 Å². The average molecular weight is 390 g/mol. The van der Waals surface area contributed by atoms with E-state index >= 15 is 0 Å². The Labute approximate surface area is 161 Å². The van der Waals surface area contributed by atoms with Crippen molar-refractivity contribution in [1.82, 2.24) is 0 Å². The van der Waals surface area contributed by atoms with E-state index in [1.54, 1.807) is 21.1 Å². The summed E-state index contributed by atoms with van der Waals surface area (Å²) in [5.74, 6) is 1.62. The minimum Gasteiger partial charge on any atom is -0.497 e. The third-order valence-corrected chi connectivity index (χ3v) is 5.79. The summed E-state index contributed by atoms with van der Waals surface area (Å²) in [6, 6.07) is 15.8. The molecule has 0 fully saturated rings. The van der Waals surface area contributed by atoms with Crippen LogP contribution in [-0.4, -0.2) is 27.9 Å². The van der Waals surface area contributed by atoms with Crippen molar-refractivity contribution in [2.75, 3.05) is 14.2 Å². The first kappa shape index (κ1) is 21.0. The van der Waals surface area contributed by atoms with Crippen molar-refractivity contribution in [2.24, 2.45) is 5.14 Å². The van der Waals surface area contributed by atoms with E-state index in [1.165, 1.54) is 0 Å². The third kappa shape index (κ3) is 6.73. The number of sulfonamides is 1. The van der Waals surface area contributed by atoms with Gasteiger partial charge in [0.1, 0.15) is 11.5 Å². The smallest absolute Gasteiger partial charge is 0.211 e. The van der Waals surface area contributed by atoms with Crippen LogP contribution < -0.4 is 14.6 Å². The summed E-state index contributed by atoms with van der Waals surface area (Å²) in [5.41, 5.74) is 3.42. The molecular weight excluding hydrogens is 362 g/mol. The zero-order valence-corrected chi connectivity index (χ0v) is 16.8. The molecule has 6 heteroatoms. The zero-order chi connectivity index (χ0) is 19.9. The lowest BCUT2D eigenvalue weighted by Crippen LogP contribution is -2.25. The maximum absolute atomic E-state index is 11.5. The number of nitrogens with two attached hydrogens (primary N) is 1. The van der Waals surface area contributed by atoms with Gasteiger partial charge in [0, 0.05) is 0 Å². The van der Waals surface area contributed by atoms with E-state index in [-0.39, 0.29) is 0 Å². The second-order valence-corrected chi connectivity index (χ2v) is 8.53. The fraction of sp³-hybridized carbons (Fsp3) is 0.333. The van der Waals surface area contributed by atoms with Gasteiger partial charge in [-0.2, -0.15) is 0 Å². The first-order valence-corrected chi connectivity index (χ1v) is 10.4. The molecule has 5 nitrogen and oxygen atoms in total. The van der Waals surface area contributed by atoms with Crippen molar-refractivity contribution < 1.29 is 17.9 Å². The highest BCUT2D eigenvalue weighted by molar-refractivity contribution is 7.89. The highest BCUT2D eigenvalue weighted by Crippen LogP contribution is 2.20. The van der Waals surface area contributed by atoms with Gasteiger partial charge in [-0.25, -0.2) is 13.6 Å². The van der Waals surface area contributed by atoms with Crippen LogP contribution in [0.5, 0.6) is 11.5 Å². The molecule has 0 amide bonds. The van der Waals surface area contributed by atoms with Crippen molar-refractivity contribution in [1.29, 1.82) is 0 Å². The fourth-order valence-corrected chi connectivity index (χ4v) is 3.05. The predicted molar refractivity (Wildman–Crippen MR) is 109 cm³/mol. The molecule has 146 valence electrons. The van der Waals surface area contributed by atoms with Crippen LogP contribution in [0.1, 0.15) is 24.5 Å². The van der Waals surface area contributed by atoms with Gasteiger partial charge in [0.2, 0.25) is 10.0 Å². The van der Waals surface area contributed by atoms with E-state index in [1.807, 2.05) is 54.6 Å².